The van der Waals surface area contributed by atoms with E-state index in [1.807, 2.05) is 35.8 Å². The molecule has 1 aliphatic rings. The first kappa shape index (κ1) is 25.0. The summed E-state index contributed by atoms with van der Waals surface area (Å²) in [4.78, 5) is 38.3. The lowest BCUT2D eigenvalue weighted by atomic mass is 10.1. The Bertz CT molecular complexity index is 1410. The van der Waals surface area contributed by atoms with Crippen molar-refractivity contribution < 1.29 is 9.59 Å². The van der Waals surface area contributed by atoms with Gasteiger partial charge >= 0.3 is 0 Å². The van der Waals surface area contributed by atoms with E-state index < -0.39 is 0 Å². The molecule has 2 amide bonds. The Morgan fingerprint density at radius 1 is 1.11 bits per heavy atom. The normalized spacial score (nSPS) is 14.2. The maximum absolute atomic E-state index is 13.2. The van der Waals surface area contributed by atoms with Crippen LogP contribution in [0.5, 0.6) is 0 Å². The molecule has 4 aromatic rings. The summed E-state index contributed by atoms with van der Waals surface area (Å²) in [6.45, 7) is 8.67. The number of fused-ring (bicyclic) bond motifs is 1. The van der Waals surface area contributed by atoms with Crippen molar-refractivity contribution in [1.29, 1.82) is 0 Å². The first-order valence-electron chi connectivity index (χ1n) is 12.7. The molecule has 10 heteroatoms. The second kappa shape index (κ2) is 10.8. The number of hydrogen-bond acceptors (Lipinski definition) is 7. The summed E-state index contributed by atoms with van der Waals surface area (Å²) >= 11 is 1.63. The zero-order valence-electron chi connectivity index (χ0n) is 21.3. The van der Waals surface area contributed by atoms with Gasteiger partial charge in [0, 0.05) is 36.3 Å². The quantitative estimate of drug-likeness (QED) is 0.325. The highest BCUT2D eigenvalue weighted by atomic mass is 32.1. The second-order valence-corrected chi connectivity index (χ2v) is 10.2. The van der Waals surface area contributed by atoms with Crippen LogP contribution in [0.25, 0.3) is 27.6 Å². The molecule has 4 heterocycles. The standard InChI is InChI=1S/C27H31N7O2S/c1-4-33(5-2)17(3)16-28-26(35)19-13-21(29-24(14-19)31-27(36)18-8-9-18)22-15-25-30-20(10-11-34(25)32-22)23-7-6-12-37-23/h6-7,10-15,17-18H,4-5,8-9,16H2,1-3H3,(H,28,35)(H,29,31,36)/t17-/m0/s1. The predicted octanol–water partition coefficient (Wildman–Crippen LogP) is 4.33. The highest BCUT2D eigenvalue weighted by molar-refractivity contribution is 7.13. The molecule has 37 heavy (non-hydrogen) atoms. The number of carbonyl (C=O) groups excluding carboxylic acids is 2. The number of rotatable bonds is 10. The number of thiophene rings is 1. The van der Waals surface area contributed by atoms with E-state index in [9.17, 15) is 9.59 Å². The van der Waals surface area contributed by atoms with Crippen LogP contribution < -0.4 is 10.6 Å². The molecule has 4 aromatic heterocycles. The van der Waals surface area contributed by atoms with E-state index in [2.05, 4.69) is 46.4 Å². The Morgan fingerprint density at radius 3 is 2.62 bits per heavy atom. The molecule has 0 aromatic carbocycles. The lowest BCUT2D eigenvalue weighted by Gasteiger charge is -2.26. The Morgan fingerprint density at radius 2 is 1.92 bits per heavy atom. The molecule has 0 bridgehead atoms. The van der Waals surface area contributed by atoms with Crippen molar-refractivity contribution in [2.75, 3.05) is 25.0 Å². The summed E-state index contributed by atoms with van der Waals surface area (Å²) in [6, 6.07) is 11.3. The lowest BCUT2D eigenvalue weighted by molar-refractivity contribution is -0.117. The Kier molecular flexibility index (Phi) is 7.29. The van der Waals surface area contributed by atoms with Gasteiger partial charge in [0.15, 0.2) is 5.65 Å². The van der Waals surface area contributed by atoms with Gasteiger partial charge in [-0.25, -0.2) is 14.5 Å². The maximum atomic E-state index is 13.2. The Hall–Kier alpha value is -3.63. The minimum absolute atomic E-state index is 0.0210. The SMILES string of the molecule is CCN(CC)[C@@H](C)CNC(=O)c1cc(NC(=O)C2CC2)nc(-c2cc3nc(-c4cccs4)ccn3n2)c1. The van der Waals surface area contributed by atoms with Crippen molar-refractivity contribution >= 4 is 34.6 Å². The van der Waals surface area contributed by atoms with Crippen LogP contribution in [0.15, 0.2) is 48.0 Å². The van der Waals surface area contributed by atoms with Crippen LogP contribution in [0.3, 0.4) is 0 Å². The van der Waals surface area contributed by atoms with E-state index in [1.165, 1.54) is 0 Å². The predicted molar refractivity (Wildman–Crippen MR) is 146 cm³/mol. The summed E-state index contributed by atoms with van der Waals surface area (Å²) in [7, 11) is 0. The summed E-state index contributed by atoms with van der Waals surface area (Å²) in [6.07, 6.45) is 3.63. The zero-order valence-corrected chi connectivity index (χ0v) is 22.1. The highest BCUT2D eigenvalue weighted by Crippen LogP contribution is 2.31. The number of pyridine rings is 1. The molecule has 0 spiro atoms. The number of aromatic nitrogens is 4. The number of carbonyl (C=O) groups is 2. The molecule has 192 valence electrons. The van der Waals surface area contributed by atoms with Crippen LogP contribution in [0.2, 0.25) is 0 Å². The molecule has 2 N–H and O–H groups in total. The Balaban J connectivity index is 1.44. The number of nitrogens with zero attached hydrogens (tertiary/aromatic N) is 5. The smallest absolute Gasteiger partial charge is 0.251 e. The number of nitrogens with one attached hydrogen (secondary N) is 2. The fraction of sp³-hybridized carbons (Fsp3) is 0.370. The fourth-order valence-corrected chi connectivity index (χ4v) is 5.01. The van der Waals surface area contributed by atoms with Crippen LogP contribution in [0.4, 0.5) is 5.82 Å². The third kappa shape index (κ3) is 5.70. The van der Waals surface area contributed by atoms with Crippen LogP contribution in [-0.4, -0.2) is 62.0 Å². The van der Waals surface area contributed by atoms with Crippen LogP contribution >= 0.6 is 11.3 Å². The van der Waals surface area contributed by atoms with Gasteiger partial charge in [-0.3, -0.25) is 14.5 Å². The minimum Gasteiger partial charge on any atom is -0.350 e. The van der Waals surface area contributed by atoms with Gasteiger partial charge in [-0.2, -0.15) is 5.10 Å². The third-order valence-electron chi connectivity index (χ3n) is 6.64. The molecule has 1 fully saturated rings. The summed E-state index contributed by atoms with van der Waals surface area (Å²) in [5.74, 6) is 0.0863. The molecular formula is C27H31N7O2S. The number of likely N-dealkylation sites (N-methyl/N-ethyl adjacent to an activating group) is 1. The topological polar surface area (TPSA) is 105 Å². The van der Waals surface area contributed by atoms with Crippen molar-refractivity contribution in [2.45, 2.75) is 39.7 Å². The van der Waals surface area contributed by atoms with Crippen molar-refractivity contribution in [2.24, 2.45) is 5.92 Å². The van der Waals surface area contributed by atoms with Gasteiger partial charge in [0.05, 0.1) is 16.3 Å². The zero-order chi connectivity index (χ0) is 25.9. The highest BCUT2D eigenvalue weighted by Gasteiger charge is 2.30. The maximum Gasteiger partial charge on any atom is 0.251 e. The van der Waals surface area contributed by atoms with Crippen molar-refractivity contribution in [3.8, 4) is 22.0 Å². The number of hydrogen-bond donors (Lipinski definition) is 2. The van der Waals surface area contributed by atoms with Crippen LogP contribution in [-0.2, 0) is 4.79 Å². The van der Waals surface area contributed by atoms with Crippen molar-refractivity contribution in [1.82, 2.24) is 29.8 Å². The van der Waals surface area contributed by atoms with Crippen LogP contribution in [0.1, 0.15) is 44.0 Å². The molecule has 0 saturated heterocycles. The largest absolute Gasteiger partial charge is 0.350 e. The van der Waals surface area contributed by atoms with E-state index in [1.54, 1.807) is 28.0 Å². The number of amides is 2. The molecular weight excluding hydrogens is 486 g/mol. The van der Waals surface area contributed by atoms with Crippen molar-refractivity contribution in [3.05, 3.63) is 53.5 Å². The van der Waals surface area contributed by atoms with E-state index in [-0.39, 0.29) is 23.8 Å². The molecule has 0 unspecified atom stereocenters. The lowest BCUT2D eigenvalue weighted by Crippen LogP contribution is -2.42. The van der Waals surface area contributed by atoms with E-state index >= 15 is 0 Å². The van der Waals surface area contributed by atoms with Gasteiger partial charge in [0.2, 0.25) is 5.91 Å². The van der Waals surface area contributed by atoms with Gasteiger partial charge in [-0.05, 0) is 62.5 Å². The van der Waals surface area contributed by atoms with Gasteiger partial charge in [-0.1, -0.05) is 19.9 Å². The minimum atomic E-state index is -0.216. The second-order valence-electron chi connectivity index (χ2n) is 9.29. The first-order chi connectivity index (χ1) is 17.9. The molecule has 5 rings (SSSR count). The van der Waals surface area contributed by atoms with E-state index in [0.29, 0.717) is 35.0 Å². The molecule has 9 nitrogen and oxygen atoms in total. The molecule has 0 aliphatic heterocycles. The average molecular weight is 518 g/mol. The van der Waals surface area contributed by atoms with E-state index in [4.69, 9.17) is 4.98 Å². The van der Waals surface area contributed by atoms with Gasteiger partial charge in [0.25, 0.3) is 5.91 Å². The molecule has 1 atom stereocenters. The third-order valence-corrected chi connectivity index (χ3v) is 7.53. The summed E-state index contributed by atoms with van der Waals surface area (Å²) < 4.78 is 1.69. The molecule has 1 aliphatic carbocycles. The fourth-order valence-electron chi connectivity index (χ4n) is 4.32. The Labute approximate surface area is 219 Å². The van der Waals surface area contributed by atoms with Gasteiger partial charge < -0.3 is 10.6 Å². The van der Waals surface area contributed by atoms with E-state index in [0.717, 1.165) is 36.5 Å². The van der Waals surface area contributed by atoms with Crippen LogP contribution in [0, 0.1) is 5.92 Å². The molecule has 1 saturated carbocycles. The average Bonchev–Trinajstić information content (AvgIpc) is 3.44. The summed E-state index contributed by atoms with van der Waals surface area (Å²) in [5.41, 5.74) is 3.04. The van der Waals surface area contributed by atoms with Gasteiger partial charge in [-0.15, -0.1) is 11.3 Å². The van der Waals surface area contributed by atoms with Crippen molar-refractivity contribution in [3.63, 3.8) is 0 Å². The number of anilines is 1. The monoisotopic (exact) mass is 517 g/mol. The van der Waals surface area contributed by atoms with Gasteiger partial charge in [0.1, 0.15) is 11.5 Å². The first-order valence-corrected chi connectivity index (χ1v) is 13.6. The molecule has 0 radical (unpaired) electrons. The summed E-state index contributed by atoms with van der Waals surface area (Å²) in [5, 5.41) is 12.6.